The molecule has 1 aliphatic heterocycles. The van der Waals surface area contributed by atoms with Crippen LogP contribution in [0.3, 0.4) is 0 Å². The molecule has 0 aromatic carbocycles. The summed E-state index contributed by atoms with van der Waals surface area (Å²) in [5, 5.41) is 2.62. The fourth-order valence-corrected chi connectivity index (χ4v) is 1.55. The van der Waals surface area contributed by atoms with Crippen LogP contribution in [0.15, 0.2) is 0 Å². The van der Waals surface area contributed by atoms with E-state index in [1.165, 1.54) is 0 Å². The van der Waals surface area contributed by atoms with Crippen molar-refractivity contribution in [3.8, 4) is 0 Å². The number of amides is 2. The predicted octanol–water partition coefficient (Wildman–Crippen LogP) is 0.294. The maximum absolute atomic E-state index is 11.1. The highest BCUT2D eigenvalue weighted by molar-refractivity contribution is 5.74. The van der Waals surface area contributed by atoms with E-state index in [0.29, 0.717) is 5.92 Å². The van der Waals surface area contributed by atoms with Crippen LogP contribution in [-0.2, 0) is 4.74 Å². The Balaban J connectivity index is 2.30. The molecule has 1 atom stereocenters. The SMILES string of the molecule is CNC(=O)N1CC[C@H](COC)C1. The normalized spacial score (nSPS) is 22.8. The third kappa shape index (κ3) is 2.11. The van der Waals surface area contributed by atoms with Gasteiger partial charge >= 0.3 is 6.03 Å². The standard InChI is InChI=1S/C8H16N2O2/c1-9-8(11)10-4-3-7(5-10)6-12-2/h7H,3-6H2,1-2H3,(H,9,11)/t7-/m0/s1. The Kier molecular flexibility index (Phi) is 3.34. The van der Waals surface area contributed by atoms with Crippen LogP contribution in [-0.4, -0.2) is 44.8 Å². The van der Waals surface area contributed by atoms with Crippen molar-refractivity contribution in [2.45, 2.75) is 6.42 Å². The van der Waals surface area contributed by atoms with Gasteiger partial charge in [0.2, 0.25) is 0 Å². The van der Waals surface area contributed by atoms with Gasteiger partial charge in [-0.3, -0.25) is 0 Å². The highest BCUT2D eigenvalue weighted by Crippen LogP contribution is 2.15. The number of carbonyl (C=O) groups is 1. The maximum Gasteiger partial charge on any atom is 0.317 e. The van der Waals surface area contributed by atoms with Gasteiger partial charge in [-0.2, -0.15) is 0 Å². The average molecular weight is 172 g/mol. The van der Waals surface area contributed by atoms with E-state index in [9.17, 15) is 4.79 Å². The Bertz CT molecular complexity index is 161. The smallest absolute Gasteiger partial charge is 0.317 e. The zero-order valence-electron chi connectivity index (χ0n) is 7.67. The second-order valence-corrected chi connectivity index (χ2v) is 3.11. The lowest BCUT2D eigenvalue weighted by molar-refractivity contribution is 0.153. The number of nitrogens with one attached hydrogen (secondary N) is 1. The topological polar surface area (TPSA) is 41.6 Å². The number of likely N-dealkylation sites (tertiary alicyclic amines) is 1. The van der Waals surface area contributed by atoms with Crippen LogP contribution in [0.25, 0.3) is 0 Å². The highest BCUT2D eigenvalue weighted by Gasteiger charge is 2.24. The minimum atomic E-state index is 0.0219. The fourth-order valence-electron chi connectivity index (χ4n) is 1.55. The first-order chi connectivity index (χ1) is 5.77. The molecule has 1 fully saturated rings. The van der Waals surface area contributed by atoms with Crippen LogP contribution in [0.4, 0.5) is 4.79 Å². The van der Waals surface area contributed by atoms with Gasteiger partial charge in [-0.15, -0.1) is 0 Å². The van der Waals surface area contributed by atoms with Crippen LogP contribution in [0.5, 0.6) is 0 Å². The predicted molar refractivity (Wildman–Crippen MR) is 46.0 cm³/mol. The Morgan fingerprint density at radius 3 is 3.08 bits per heavy atom. The average Bonchev–Trinajstić information content (AvgIpc) is 2.52. The van der Waals surface area contributed by atoms with Gasteiger partial charge in [0.1, 0.15) is 0 Å². The molecule has 12 heavy (non-hydrogen) atoms. The van der Waals surface area contributed by atoms with E-state index >= 15 is 0 Å². The van der Waals surface area contributed by atoms with Crippen molar-refractivity contribution in [3.63, 3.8) is 0 Å². The number of methoxy groups -OCH3 is 1. The molecule has 4 nitrogen and oxygen atoms in total. The number of urea groups is 1. The van der Waals surface area contributed by atoms with Crippen molar-refractivity contribution in [3.05, 3.63) is 0 Å². The second-order valence-electron chi connectivity index (χ2n) is 3.11. The molecule has 4 heteroatoms. The fraction of sp³-hybridized carbons (Fsp3) is 0.875. The number of nitrogens with zero attached hydrogens (tertiary/aromatic N) is 1. The van der Waals surface area contributed by atoms with Crippen molar-refractivity contribution in [1.82, 2.24) is 10.2 Å². The van der Waals surface area contributed by atoms with E-state index in [0.717, 1.165) is 26.1 Å². The van der Waals surface area contributed by atoms with Gasteiger partial charge < -0.3 is 15.0 Å². The largest absolute Gasteiger partial charge is 0.384 e. The van der Waals surface area contributed by atoms with Crippen LogP contribution < -0.4 is 5.32 Å². The lowest BCUT2D eigenvalue weighted by Gasteiger charge is -2.15. The van der Waals surface area contributed by atoms with Gasteiger partial charge in [0.25, 0.3) is 0 Å². The summed E-state index contributed by atoms with van der Waals surface area (Å²) in [6.07, 6.45) is 1.06. The van der Waals surface area contributed by atoms with E-state index in [-0.39, 0.29) is 6.03 Å². The molecule has 0 aromatic rings. The molecule has 0 aliphatic carbocycles. The molecule has 0 bridgehead atoms. The number of carbonyl (C=O) groups excluding carboxylic acids is 1. The summed E-state index contributed by atoms with van der Waals surface area (Å²) >= 11 is 0. The Morgan fingerprint density at radius 1 is 1.75 bits per heavy atom. The first-order valence-corrected chi connectivity index (χ1v) is 4.23. The number of hydrogen-bond donors (Lipinski definition) is 1. The van der Waals surface area contributed by atoms with Crippen molar-refractivity contribution in [1.29, 1.82) is 0 Å². The summed E-state index contributed by atoms with van der Waals surface area (Å²) in [6.45, 7) is 2.44. The zero-order valence-corrected chi connectivity index (χ0v) is 7.67. The van der Waals surface area contributed by atoms with Crippen molar-refractivity contribution in [2.24, 2.45) is 5.92 Å². The van der Waals surface area contributed by atoms with Gasteiger partial charge in [0, 0.05) is 33.2 Å². The Hall–Kier alpha value is -0.770. The molecule has 0 saturated carbocycles. The molecule has 0 radical (unpaired) electrons. The molecule has 1 saturated heterocycles. The number of hydrogen-bond acceptors (Lipinski definition) is 2. The van der Waals surface area contributed by atoms with Crippen LogP contribution >= 0.6 is 0 Å². The van der Waals surface area contributed by atoms with E-state index in [1.54, 1.807) is 14.2 Å². The minimum absolute atomic E-state index is 0.0219. The summed E-state index contributed by atoms with van der Waals surface area (Å²) in [6, 6.07) is 0.0219. The Labute approximate surface area is 72.9 Å². The molecule has 0 spiro atoms. The molecule has 1 heterocycles. The molecule has 70 valence electrons. The molecule has 0 unspecified atom stereocenters. The molecule has 0 aromatic heterocycles. The van der Waals surface area contributed by atoms with Crippen LogP contribution in [0.2, 0.25) is 0 Å². The van der Waals surface area contributed by atoms with Crippen molar-refractivity contribution < 1.29 is 9.53 Å². The first-order valence-electron chi connectivity index (χ1n) is 4.23. The second kappa shape index (κ2) is 4.30. The van der Waals surface area contributed by atoms with Gasteiger partial charge in [-0.1, -0.05) is 0 Å². The highest BCUT2D eigenvalue weighted by atomic mass is 16.5. The molecule has 1 N–H and O–H groups in total. The summed E-state index contributed by atoms with van der Waals surface area (Å²) < 4.78 is 5.03. The molecule has 1 rings (SSSR count). The van der Waals surface area contributed by atoms with Crippen molar-refractivity contribution >= 4 is 6.03 Å². The third-order valence-electron chi connectivity index (χ3n) is 2.19. The monoisotopic (exact) mass is 172 g/mol. The minimum Gasteiger partial charge on any atom is -0.384 e. The number of ether oxygens (including phenoxy) is 1. The van der Waals surface area contributed by atoms with Gasteiger partial charge in [0.05, 0.1) is 6.61 Å². The lowest BCUT2D eigenvalue weighted by Crippen LogP contribution is -2.36. The molecular weight excluding hydrogens is 156 g/mol. The van der Waals surface area contributed by atoms with E-state index in [4.69, 9.17) is 4.74 Å². The third-order valence-corrected chi connectivity index (χ3v) is 2.19. The first kappa shape index (κ1) is 9.32. The lowest BCUT2D eigenvalue weighted by atomic mass is 10.1. The number of rotatable bonds is 2. The summed E-state index contributed by atoms with van der Waals surface area (Å²) in [5.74, 6) is 0.521. The van der Waals surface area contributed by atoms with Gasteiger partial charge in [-0.05, 0) is 6.42 Å². The van der Waals surface area contributed by atoms with Crippen LogP contribution in [0, 0.1) is 5.92 Å². The summed E-state index contributed by atoms with van der Waals surface area (Å²) in [7, 11) is 3.36. The molecule has 1 aliphatic rings. The zero-order chi connectivity index (χ0) is 8.97. The van der Waals surface area contributed by atoms with Gasteiger partial charge in [-0.25, -0.2) is 4.79 Å². The molecule has 2 amide bonds. The molecular formula is C8H16N2O2. The van der Waals surface area contributed by atoms with E-state index in [1.807, 2.05) is 4.90 Å². The van der Waals surface area contributed by atoms with Crippen molar-refractivity contribution in [2.75, 3.05) is 33.9 Å². The van der Waals surface area contributed by atoms with Crippen LogP contribution in [0.1, 0.15) is 6.42 Å². The quantitative estimate of drug-likeness (QED) is 0.650. The van der Waals surface area contributed by atoms with Gasteiger partial charge in [0.15, 0.2) is 0 Å². The Morgan fingerprint density at radius 2 is 2.50 bits per heavy atom. The summed E-state index contributed by atoms with van der Waals surface area (Å²) in [4.78, 5) is 13.0. The van der Waals surface area contributed by atoms with E-state index < -0.39 is 0 Å². The summed E-state index contributed by atoms with van der Waals surface area (Å²) in [5.41, 5.74) is 0. The maximum atomic E-state index is 11.1. The van der Waals surface area contributed by atoms with E-state index in [2.05, 4.69) is 5.32 Å².